The van der Waals surface area contributed by atoms with Crippen LogP contribution < -0.4 is 5.56 Å². The highest BCUT2D eigenvalue weighted by Crippen LogP contribution is 2.13. The van der Waals surface area contributed by atoms with Crippen molar-refractivity contribution in [1.82, 2.24) is 19.7 Å². The van der Waals surface area contributed by atoms with E-state index in [1.54, 1.807) is 6.20 Å². The summed E-state index contributed by atoms with van der Waals surface area (Å²) < 4.78 is 1.86. The number of hydrogen-bond donors (Lipinski definition) is 1. The van der Waals surface area contributed by atoms with Crippen LogP contribution in [0.25, 0.3) is 11.5 Å². The molecule has 5 nitrogen and oxygen atoms in total. The molecule has 0 unspecified atom stereocenters. The van der Waals surface area contributed by atoms with E-state index in [9.17, 15) is 4.79 Å². The predicted molar refractivity (Wildman–Crippen MR) is 65.7 cm³/mol. The van der Waals surface area contributed by atoms with E-state index < -0.39 is 0 Å². The summed E-state index contributed by atoms with van der Waals surface area (Å²) in [5.74, 6) is 0.598. The molecule has 0 amide bonds. The second kappa shape index (κ2) is 4.95. The number of aromatic nitrogens is 4. The van der Waals surface area contributed by atoms with Gasteiger partial charge in [-0.1, -0.05) is 13.8 Å². The van der Waals surface area contributed by atoms with E-state index in [0.29, 0.717) is 5.82 Å². The molecule has 1 N–H and O–H groups in total. The van der Waals surface area contributed by atoms with Crippen LogP contribution in [0.3, 0.4) is 0 Å². The Morgan fingerprint density at radius 1 is 1.41 bits per heavy atom. The molecule has 0 aromatic carbocycles. The molecule has 0 aliphatic rings. The van der Waals surface area contributed by atoms with Gasteiger partial charge in [-0.05, 0) is 18.9 Å². The fourth-order valence-electron chi connectivity index (χ4n) is 1.73. The first-order valence-electron chi connectivity index (χ1n) is 5.87. The van der Waals surface area contributed by atoms with Crippen molar-refractivity contribution in [2.75, 3.05) is 0 Å². The summed E-state index contributed by atoms with van der Waals surface area (Å²) in [5, 5.41) is 4.22. The molecule has 0 radical (unpaired) electrons. The van der Waals surface area contributed by atoms with Crippen molar-refractivity contribution < 1.29 is 0 Å². The minimum Gasteiger partial charge on any atom is -0.305 e. The minimum absolute atomic E-state index is 0.115. The fraction of sp³-hybridized carbons (Fsp3) is 0.417. The van der Waals surface area contributed by atoms with Gasteiger partial charge in [0.1, 0.15) is 5.69 Å². The topological polar surface area (TPSA) is 63.6 Å². The molecular weight excluding hydrogens is 216 g/mol. The van der Waals surface area contributed by atoms with Gasteiger partial charge in [0.15, 0.2) is 5.82 Å². The van der Waals surface area contributed by atoms with Gasteiger partial charge in [-0.15, -0.1) is 0 Å². The second-order valence-electron chi connectivity index (χ2n) is 3.88. The molecule has 2 heterocycles. The Bertz CT molecular complexity index is 556. The van der Waals surface area contributed by atoms with Crippen molar-refractivity contribution in [2.45, 2.75) is 33.2 Å². The second-order valence-corrected chi connectivity index (χ2v) is 3.88. The maximum Gasteiger partial charge on any atom is 0.251 e. The van der Waals surface area contributed by atoms with Crippen LogP contribution in [0.5, 0.6) is 0 Å². The third kappa shape index (κ3) is 2.43. The van der Waals surface area contributed by atoms with Crippen LogP contribution in [0.4, 0.5) is 0 Å². The highest BCUT2D eigenvalue weighted by molar-refractivity contribution is 5.48. The minimum atomic E-state index is -0.115. The molecular formula is C12H16N4O. The van der Waals surface area contributed by atoms with Crippen LogP contribution >= 0.6 is 0 Å². The quantitative estimate of drug-likeness (QED) is 0.871. The van der Waals surface area contributed by atoms with E-state index in [1.165, 1.54) is 6.07 Å². The summed E-state index contributed by atoms with van der Waals surface area (Å²) in [6.07, 6.45) is 3.47. The van der Waals surface area contributed by atoms with Crippen molar-refractivity contribution in [1.29, 1.82) is 0 Å². The highest BCUT2D eigenvalue weighted by Gasteiger charge is 2.08. The molecule has 2 rings (SSSR count). The SMILES string of the molecule is CCCn1nccc1-c1nc(CC)cc(=O)[nH]1. The van der Waals surface area contributed by atoms with Gasteiger partial charge >= 0.3 is 0 Å². The molecule has 0 saturated heterocycles. The first-order valence-corrected chi connectivity index (χ1v) is 5.87. The molecule has 5 heteroatoms. The van der Waals surface area contributed by atoms with Crippen LogP contribution in [-0.4, -0.2) is 19.7 Å². The Morgan fingerprint density at radius 2 is 2.24 bits per heavy atom. The Morgan fingerprint density at radius 3 is 2.94 bits per heavy atom. The number of nitrogens with zero attached hydrogens (tertiary/aromatic N) is 3. The number of rotatable bonds is 4. The predicted octanol–water partition coefficient (Wildman–Crippen LogP) is 1.61. The van der Waals surface area contributed by atoms with E-state index in [2.05, 4.69) is 22.0 Å². The molecule has 0 saturated carbocycles. The lowest BCUT2D eigenvalue weighted by Crippen LogP contribution is -2.12. The van der Waals surface area contributed by atoms with E-state index >= 15 is 0 Å². The van der Waals surface area contributed by atoms with Crippen LogP contribution in [0, 0.1) is 0 Å². The zero-order chi connectivity index (χ0) is 12.3. The van der Waals surface area contributed by atoms with Crippen LogP contribution in [0.1, 0.15) is 26.0 Å². The summed E-state index contributed by atoms with van der Waals surface area (Å²) in [6.45, 7) is 4.89. The molecule has 0 spiro atoms. The maximum absolute atomic E-state index is 11.5. The van der Waals surface area contributed by atoms with Gasteiger partial charge < -0.3 is 4.98 Å². The number of aromatic amines is 1. The van der Waals surface area contributed by atoms with Crippen molar-refractivity contribution in [2.24, 2.45) is 0 Å². The van der Waals surface area contributed by atoms with Crippen LogP contribution in [0.15, 0.2) is 23.1 Å². The Labute approximate surface area is 99.5 Å². The Balaban J connectivity index is 2.48. The van der Waals surface area contributed by atoms with Gasteiger partial charge in [0.2, 0.25) is 0 Å². The van der Waals surface area contributed by atoms with Gasteiger partial charge in [-0.25, -0.2) is 4.98 Å². The van der Waals surface area contributed by atoms with Crippen molar-refractivity contribution >= 4 is 0 Å². The summed E-state index contributed by atoms with van der Waals surface area (Å²) in [5.41, 5.74) is 1.54. The van der Waals surface area contributed by atoms with Crippen molar-refractivity contribution in [3.8, 4) is 11.5 Å². The summed E-state index contributed by atoms with van der Waals surface area (Å²) >= 11 is 0. The average Bonchev–Trinajstić information content (AvgIpc) is 2.77. The molecule has 2 aromatic rings. The van der Waals surface area contributed by atoms with E-state index in [1.807, 2.05) is 17.7 Å². The van der Waals surface area contributed by atoms with E-state index in [-0.39, 0.29) is 5.56 Å². The summed E-state index contributed by atoms with van der Waals surface area (Å²) in [4.78, 5) is 18.7. The zero-order valence-electron chi connectivity index (χ0n) is 10.1. The van der Waals surface area contributed by atoms with Crippen LogP contribution in [-0.2, 0) is 13.0 Å². The molecule has 2 aromatic heterocycles. The van der Waals surface area contributed by atoms with Gasteiger partial charge in [0.05, 0.1) is 0 Å². The van der Waals surface area contributed by atoms with Crippen LogP contribution in [0.2, 0.25) is 0 Å². The van der Waals surface area contributed by atoms with Crippen molar-refractivity contribution in [3.63, 3.8) is 0 Å². The molecule has 90 valence electrons. The molecule has 0 atom stereocenters. The Kier molecular flexibility index (Phi) is 3.37. The van der Waals surface area contributed by atoms with Gasteiger partial charge in [0.25, 0.3) is 5.56 Å². The van der Waals surface area contributed by atoms with Crippen molar-refractivity contribution in [3.05, 3.63) is 34.4 Å². The fourth-order valence-corrected chi connectivity index (χ4v) is 1.73. The zero-order valence-corrected chi connectivity index (χ0v) is 10.1. The summed E-state index contributed by atoms with van der Waals surface area (Å²) in [6, 6.07) is 3.40. The third-order valence-corrected chi connectivity index (χ3v) is 2.55. The monoisotopic (exact) mass is 232 g/mol. The lowest BCUT2D eigenvalue weighted by Gasteiger charge is -2.06. The van der Waals surface area contributed by atoms with E-state index in [4.69, 9.17) is 0 Å². The summed E-state index contributed by atoms with van der Waals surface area (Å²) in [7, 11) is 0. The number of hydrogen-bond acceptors (Lipinski definition) is 3. The third-order valence-electron chi connectivity index (χ3n) is 2.55. The molecule has 17 heavy (non-hydrogen) atoms. The lowest BCUT2D eigenvalue weighted by atomic mass is 10.3. The Hall–Kier alpha value is -1.91. The molecule has 0 aliphatic heterocycles. The molecule has 0 fully saturated rings. The molecule has 0 bridgehead atoms. The maximum atomic E-state index is 11.5. The normalized spacial score (nSPS) is 10.7. The number of nitrogens with one attached hydrogen (secondary N) is 1. The van der Waals surface area contributed by atoms with E-state index in [0.717, 1.165) is 30.8 Å². The number of H-pyrrole nitrogens is 1. The standard InChI is InChI=1S/C12H16N4O/c1-3-7-16-10(5-6-13-16)12-14-9(4-2)8-11(17)15-12/h5-6,8H,3-4,7H2,1-2H3,(H,14,15,17). The largest absolute Gasteiger partial charge is 0.305 e. The first-order chi connectivity index (χ1) is 8.24. The van der Waals surface area contributed by atoms with Gasteiger partial charge in [0, 0.05) is 24.5 Å². The number of aryl methyl sites for hydroxylation is 2. The van der Waals surface area contributed by atoms with Gasteiger partial charge in [-0.2, -0.15) is 5.10 Å². The lowest BCUT2D eigenvalue weighted by molar-refractivity contribution is 0.606. The molecule has 0 aliphatic carbocycles. The smallest absolute Gasteiger partial charge is 0.251 e. The first kappa shape index (κ1) is 11.6. The van der Waals surface area contributed by atoms with Gasteiger partial charge in [-0.3, -0.25) is 9.48 Å². The average molecular weight is 232 g/mol. The highest BCUT2D eigenvalue weighted by atomic mass is 16.1.